The zero-order valence-electron chi connectivity index (χ0n) is 8.09. The van der Waals surface area contributed by atoms with E-state index in [2.05, 4.69) is 5.32 Å². The average Bonchev–Trinajstić information content (AvgIpc) is 2.10. The van der Waals surface area contributed by atoms with Gasteiger partial charge in [0.25, 0.3) is 0 Å². The Balaban J connectivity index is 3.36. The highest BCUT2D eigenvalue weighted by Gasteiger charge is 2.11. The van der Waals surface area contributed by atoms with E-state index < -0.39 is 6.10 Å². The van der Waals surface area contributed by atoms with Crippen molar-refractivity contribution in [3.05, 3.63) is 0 Å². The van der Waals surface area contributed by atoms with Crippen LogP contribution >= 0.6 is 0 Å². The third-order valence-corrected chi connectivity index (χ3v) is 1.94. The summed E-state index contributed by atoms with van der Waals surface area (Å²) in [6.45, 7) is 2.54. The summed E-state index contributed by atoms with van der Waals surface area (Å²) in [6, 6.07) is -0.168. The van der Waals surface area contributed by atoms with Crippen LogP contribution in [0.1, 0.15) is 26.2 Å². The third-order valence-electron chi connectivity index (χ3n) is 1.94. The molecule has 0 saturated carbocycles. The molecule has 5 heteroatoms. The van der Waals surface area contributed by atoms with Gasteiger partial charge >= 0.3 is 0 Å². The lowest BCUT2D eigenvalue weighted by Crippen LogP contribution is -2.36. The van der Waals surface area contributed by atoms with Crippen molar-refractivity contribution in [2.24, 2.45) is 11.5 Å². The molecule has 0 aromatic rings. The molecule has 13 heavy (non-hydrogen) atoms. The quantitative estimate of drug-likeness (QED) is 0.217. The van der Waals surface area contributed by atoms with Crippen LogP contribution in [0.15, 0.2) is 0 Å². The van der Waals surface area contributed by atoms with Crippen molar-refractivity contribution in [1.82, 2.24) is 5.32 Å². The molecule has 0 aliphatic rings. The van der Waals surface area contributed by atoms with Gasteiger partial charge in [-0.1, -0.05) is 6.92 Å². The van der Waals surface area contributed by atoms with Crippen LogP contribution in [-0.2, 0) is 0 Å². The Labute approximate surface area is 79.0 Å². The number of nitrogens with one attached hydrogen (secondary N) is 2. The molecular weight excluding hydrogens is 168 g/mol. The van der Waals surface area contributed by atoms with Crippen molar-refractivity contribution < 1.29 is 5.11 Å². The van der Waals surface area contributed by atoms with Gasteiger partial charge in [-0.15, -0.1) is 0 Å². The van der Waals surface area contributed by atoms with Gasteiger partial charge in [-0.3, -0.25) is 5.41 Å². The monoisotopic (exact) mass is 188 g/mol. The number of guanidine groups is 1. The topological polar surface area (TPSA) is 108 Å². The minimum atomic E-state index is -0.419. The van der Waals surface area contributed by atoms with Crippen molar-refractivity contribution >= 4 is 5.96 Å². The molecule has 2 atom stereocenters. The Kier molecular flexibility index (Phi) is 6.26. The second-order valence-electron chi connectivity index (χ2n) is 3.12. The SMILES string of the molecule is CCC(O)[C@H](N)CCCNC(=N)N. The average molecular weight is 188 g/mol. The Hall–Kier alpha value is -0.810. The van der Waals surface area contributed by atoms with E-state index in [-0.39, 0.29) is 12.0 Å². The van der Waals surface area contributed by atoms with Crippen LogP contribution in [0.4, 0.5) is 0 Å². The summed E-state index contributed by atoms with van der Waals surface area (Å²) in [7, 11) is 0. The first kappa shape index (κ1) is 12.2. The van der Waals surface area contributed by atoms with Crippen LogP contribution in [-0.4, -0.2) is 29.8 Å². The van der Waals surface area contributed by atoms with Gasteiger partial charge in [0.2, 0.25) is 0 Å². The van der Waals surface area contributed by atoms with Crippen molar-refractivity contribution in [3.63, 3.8) is 0 Å². The highest BCUT2D eigenvalue weighted by molar-refractivity contribution is 5.74. The summed E-state index contributed by atoms with van der Waals surface area (Å²) in [5, 5.41) is 18.9. The molecule has 0 saturated heterocycles. The summed E-state index contributed by atoms with van der Waals surface area (Å²) in [5.74, 6) is -0.0235. The number of hydrogen-bond acceptors (Lipinski definition) is 3. The Morgan fingerprint density at radius 2 is 2.23 bits per heavy atom. The maximum absolute atomic E-state index is 9.32. The summed E-state index contributed by atoms with van der Waals surface area (Å²) in [6.07, 6.45) is 1.83. The number of aliphatic hydroxyl groups excluding tert-OH is 1. The molecule has 0 aliphatic heterocycles. The van der Waals surface area contributed by atoms with Crippen LogP contribution in [0.3, 0.4) is 0 Å². The van der Waals surface area contributed by atoms with E-state index in [4.69, 9.17) is 16.9 Å². The van der Waals surface area contributed by atoms with Crippen LogP contribution in [0.5, 0.6) is 0 Å². The van der Waals surface area contributed by atoms with Crippen molar-refractivity contribution in [1.29, 1.82) is 5.41 Å². The van der Waals surface area contributed by atoms with E-state index in [0.29, 0.717) is 13.0 Å². The first-order valence-corrected chi connectivity index (χ1v) is 4.59. The molecule has 0 amide bonds. The van der Waals surface area contributed by atoms with Gasteiger partial charge in [0, 0.05) is 12.6 Å². The molecule has 78 valence electrons. The van der Waals surface area contributed by atoms with Crippen LogP contribution in [0.25, 0.3) is 0 Å². The van der Waals surface area contributed by atoms with Crippen LogP contribution in [0.2, 0.25) is 0 Å². The van der Waals surface area contributed by atoms with E-state index >= 15 is 0 Å². The van der Waals surface area contributed by atoms with E-state index in [0.717, 1.165) is 12.8 Å². The summed E-state index contributed by atoms with van der Waals surface area (Å²) >= 11 is 0. The van der Waals surface area contributed by atoms with Crippen LogP contribution in [0, 0.1) is 5.41 Å². The maximum Gasteiger partial charge on any atom is 0.185 e. The van der Waals surface area contributed by atoms with Gasteiger partial charge in [0.15, 0.2) is 5.96 Å². The minimum Gasteiger partial charge on any atom is -0.392 e. The predicted molar refractivity (Wildman–Crippen MR) is 53.4 cm³/mol. The molecule has 0 heterocycles. The molecule has 0 rings (SSSR count). The van der Waals surface area contributed by atoms with Crippen LogP contribution < -0.4 is 16.8 Å². The van der Waals surface area contributed by atoms with Gasteiger partial charge in [-0.25, -0.2) is 0 Å². The van der Waals surface area contributed by atoms with E-state index in [1.54, 1.807) is 0 Å². The smallest absolute Gasteiger partial charge is 0.185 e. The Morgan fingerprint density at radius 1 is 1.62 bits per heavy atom. The fraction of sp³-hybridized carbons (Fsp3) is 0.875. The van der Waals surface area contributed by atoms with E-state index in [1.807, 2.05) is 6.92 Å². The molecule has 7 N–H and O–H groups in total. The lowest BCUT2D eigenvalue weighted by Gasteiger charge is -2.16. The highest BCUT2D eigenvalue weighted by atomic mass is 16.3. The molecule has 0 spiro atoms. The second-order valence-corrected chi connectivity index (χ2v) is 3.12. The van der Waals surface area contributed by atoms with Gasteiger partial charge in [-0.2, -0.15) is 0 Å². The third kappa shape index (κ3) is 6.36. The normalized spacial score (nSPS) is 15.0. The van der Waals surface area contributed by atoms with Gasteiger partial charge in [0.05, 0.1) is 6.10 Å². The fourth-order valence-corrected chi connectivity index (χ4v) is 1.06. The number of aliphatic hydroxyl groups is 1. The molecule has 0 aliphatic carbocycles. The van der Waals surface area contributed by atoms with Gasteiger partial charge in [0.1, 0.15) is 0 Å². The molecule has 0 aromatic carbocycles. The van der Waals surface area contributed by atoms with E-state index in [9.17, 15) is 5.11 Å². The second kappa shape index (κ2) is 6.68. The minimum absolute atomic E-state index is 0.0235. The van der Waals surface area contributed by atoms with E-state index in [1.165, 1.54) is 0 Å². The number of nitrogens with two attached hydrogens (primary N) is 2. The van der Waals surface area contributed by atoms with Crippen molar-refractivity contribution in [2.75, 3.05) is 6.54 Å². The molecular formula is C8H20N4O. The highest BCUT2D eigenvalue weighted by Crippen LogP contribution is 2.02. The lowest BCUT2D eigenvalue weighted by atomic mass is 10.0. The van der Waals surface area contributed by atoms with Gasteiger partial charge < -0.3 is 21.9 Å². The molecule has 0 aromatic heterocycles. The Bertz CT molecular complexity index is 151. The molecule has 0 radical (unpaired) electrons. The molecule has 5 nitrogen and oxygen atoms in total. The zero-order valence-corrected chi connectivity index (χ0v) is 8.09. The molecule has 1 unspecified atom stereocenters. The first-order valence-electron chi connectivity index (χ1n) is 4.59. The zero-order chi connectivity index (χ0) is 10.3. The molecule has 0 fully saturated rings. The fourth-order valence-electron chi connectivity index (χ4n) is 1.06. The number of hydrogen-bond donors (Lipinski definition) is 5. The van der Waals surface area contributed by atoms with Crippen molar-refractivity contribution in [2.45, 2.75) is 38.3 Å². The summed E-state index contributed by atoms with van der Waals surface area (Å²) in [5.41, 5.74) is 10.8. The first-order chi connectivity index (χ1) is 6.07. The van der Waals surface area contributed by atoms with Crippen molar-refractivity contribution in [3.8, 4) is 0 Å². The lowest BCUT2D eigenvalue weighted by molar-refractivity contribution is 0.135. The Morgan fingerprint density at radius 3 is 2.69 bits per heavy atom. The summed E-state index contributed by atoms with van der Waals surface area (Å²) in [4.78, 5) is 0. The predicted octanol–water partition coefficient (Wildman–Crippen LogP) is -0.652. The van der Waals surface area contributed by atoms with Gasteiger partial charge in [-0.05, 0) is 19.3 Å². The largest absolute Gasteiger partial charge is 0.392 e. The molecule has 0 bridgehead atoms. The standard InChI is InChI=1S/C8H20N4O/c1-2-7(13)6(9)4-3-5-12-8(10)11/h6-7,13H,2-5,9H2,1H3,(H4,10,11,12)/t6-,7?/m1/s1. The summed E-state index contributed by atoms with van der Waals surface area (Å²) < 4.78 is 0. The number of rotatable bonds is 6. The maximum atomic E-state index is 9.32.